The molecular weight excluding hydrogens is 388 g/mol. The molecule has 0 saturated carbocycles. The summed E-state index contributed by atoms with van der Waals surface area (Å²) in [6.45, 7) is 4.55. The van der Waals surface area contributed by atoms with Crippen LogP contribution in [0.5, 0.6) is 5.75 Å². The van der Waals surface area contributed by atoms with E-state index in [1.807, 2.05) is 29.7 Å². The third-order valence-corrected chi connectivity index (χ3v) is 5.53. The van der Waals surface area contributed by atoms with Crippen LogP contribution in [-0.4, -0.2) is 19.5 Å². The predicted molar refractivity (Wildman–Crippen MR) is 117 cm³/mol. The molecule has 0 spiro atoms. The normalized spacial score (nSPS) is 14.7. The van der Waals surface area contributed by atoms with E-state index in [2.05, 4.69) is 41.2 Å². The number of ether oxygens (including phenoxy) is 1. The van der Waals surface area contributed by atoms with Gasteiger partial charge in [0.1, 0.15) is 12.2 Å². The van der Waals surface area contributed by atoms with Crippen molar-refractivity contribution in [1.29, 1.82) is 5.26 Å². The van der Waals surface area contributed by atoms with E-state index in [9.17, 15) is 5.26 Å². The lowest BCUT2D eigenvalue weighted by atomic mass is 9.95. The number of nitrogens with two attached hydrogens (primary N) is 1. The van der Waals surface area contributed by atoms with Crippen molar-refractivity contribution in [1.82, 2.24) is 19.5 Å². The number of benzene rings is 1. The number of aromatic nitrogens is 4. The molecule has 152 valence electrons. The van der Waals surface area contributed by atoms with E-state index in [-0.39, 0.29) is 6.10 Å². The minimum atomic E-state index is -0.288. The molecule has 1 aromatic carbocycles. The standard InChI is InChI=1S/C24H20N6O/c1-14-5-6-18-19(8-14)15(2)31-21-9-17(11-28-24(21)26)23-20(10-25)29-13-30(23)12-16-4-3-7-27-22(16)18/h3-9,11,13,15H,12H2,1-2H3,(H2,26,28). The molecule has 0 fully saturated rings. The SMILES string of the molecule is Cc1ccc2c(c1)C(C)Oc1cc(cnc1N)-c1c(C#N)ncn1Cc1cccnc1-2. The number of hydrogen-bond acceptors (Lipinski definition) is 6. The van der Waals surface area contributed by atoms with Crippen molar-refractivity contribution in [3.05, 3.63) is 77.5 Å². The Hall–Kier alpha value is -4.18. The number of pyridine rings is 2. The van der Waals surface area contributed by atoms with Crippen LogP contribution < -0.4 is 10.5 Å². The van der Waals surface area contributed by atoms with Gasteiger partial charge in [-0.15, -0.1) is 0 Å². The first-order valence-corrected chi connectivity index (χ1v) is 9.97. The Morgan fingerprint density at radius 2 is 2.06 bits per heavy atom. The highest BCUT2D eigenvalue weighted by molar-refractivity contribution is 5.71. The molecule has 1 atom stereocenters. The zero-order valence-electron chi connectivity index (χ0n) is 17.2. The van der Waals surface area contributed by atoms with Gasteiger partial charge in [-0.25, -0.2) is 9.97 Å². The van der Waals surface area contributed by atoms with Gasteiger partial charge in [-0.05, 0) is 31.5 Å². The van der Waals surface area contributed by atoms with Crippen molar-refractivity contribution in [2.75, 3.05) is 5.73 Å². The number of aryl methyl sites for hydroxylation is 1. The number of nitriles is 1. The largest absolute Gasteiger partial charge is 0.482 e. The molecular formula is C24H20N6O. The van der Waals surface area contributed by atoms with Crippen LogP contribution in [0.25, 0.3) is 22.5 Å². The Labute approximate surface area is 179 Å². The second-order valence-corrected chi connectivity index (χ2v) is 7.65. The molecule has 1 aliphatic heterocycles. The predicted octanol–water partition coefficient (Wildman–Crippen LogP) is 4.27. The van der Waals surface area contributed by atoms with E-state index in [1.165, 1.54) is 0 Å². The summed E-state index contributed by atoms with van der Waals surface area (Å²) >= 11 is 0. The average Bonchev–Trinajstić information content (AvgIpc) is 3.17. The molecule has 4 aromatic rings. The fourth-order valence-electron chi connectivity index (χ4n) is 4.05. The maximum atomic E-state index is 9.64. The molecule has 1 aliphatic rings. The summed E-state index contributed by atoms with van der Waals surface area (Å²) < 4.78 is 8.23. The Morgan fingerprint density at radius 1 is 1.19 bits per heavy atom. The fraction of sp³-hybridized carbons (Fsp3) is 0.167. The topological polar surface area (TPSA) is 103 Å². The number of hydrogen-bond donors (Lipinski definition) is 1. The number of anilines is 1. The fourth-order valence-corrected chi connectivity index (χ4v) is 4.05. The lowest BCUT2D eigenvalue weighted by Gasteiger charge is -2.22. The molecule has 0 amide bonds. The number of imidazole rings is 1. The highest BCUT2D eigenvalue weighted by atomic mass is 16.5. The molecule has 0 radical (unpaired) electrons. The minimum absolute atomic E-state index is 0.288. The van der Waals surface area contributed by atoms with Gasteiger partial charge in [0.2, 0.25) is 0 Å². The first-order valence-electron chi connectivity index (χ1n) is 9.97. The van der Waals surface area contributed by atoms with Crippen LogP contribution in [0, 0.1) is 18.3 Å². The maximum Gasteiger partial charge on any atom is 0.166 e. The summed E-state index contributed by atoms with van der Waals surface area (Å²) in [5, 5.41) is 9.64. The van der Waals surface area contributed by atoms with Gasteiger partial charge >= 0.3 is 0 Å². The Balaban J connectivity index is 1.83. The molecule has 5 rings (SSSR count). The molecule has 0 saturated heterocycles. The number of nitrogen functional groups attached to an aromatic ring is 1. The zero-order valence-corrected chi connectivity index (χ0v) is 17.2. The Kier molecular flexibility index (Phi) is 4.41. The van der Waals surface area contributed by atoms with Gasteiger partial charge in [-0.1, -0.05) is 29.8 Å². The van der Waals surface area contributed by atoms with Crippen molar-refractivity contribution < 1.29 is 4.74 Å². The molecule has 2 N–H and O–H groups in total. The zero-order chi connectivity index (χ0) is 21.5. The molecule has 7 heteroatoms. The molecule has 4 heterocycles. The van der Waals surface area contributed by atoms with Gasteiger partial charge in [-0.3, -0.25) is 4.98 Å². The van der Waals surface area contributed by atoms with Crippen LogP contribution in [0.1, 0.15) is 35.4 Å². The summed E-state index contributed by atoms with van der Waals surface area (Å²) in [7, 11) is 0. The van der Waals surface area contributed by atoms with Crippen molar-refractivity contribution in [3.63, 3.8) is 0 Å². The van der Waals surface area contributed by atoms with Gasteiger partial charge in [0.15, 0.2) is 17.3 Å². The van der Waals surface area contributed by atoms with Crippen LogP contribution in [0.2, 0.25) is 0 Å². The van der Waals surface area contributed by atoms with E-state index < -0.39 is 0 Å². The molecule has 31 heavy (non-hydrogen) atoms. The number of nitrogens with zero attached hydrogens (tertiary/aromatic N) is 5. The Morgan fingerprint density at radius 3 is 2.90 bits per heavy atom. The summed E-state index contributed by atoms with van der Waals surface area (Å²) in [6, 6.07) is 14.2. The van der Waals surface area contributed by atoms with E-state index in [1.54, 1.807) is 18.7 Å². The van der Waals surface area contributed by atoms with Crippen molar-refractivity contribution in [2.24, 2.45) is 0 Å². The van der Waals surface area contributed by atoms with Gasteiger partial charge < -0.3 is 15.0 Å². The molecule has 3 aromatic heterocycles. The van der Waals surface area contributed by atoms with Crippen molar-refractivity contribution in [2.45, 2.75) is 26.5 Å². The molecule has 7 nitrogen and oxygen atoms in total. The molecule has 0 aliphatic carbocycles. The smallest absolute Gasteiger partial charge is 0.166 e. The number of rotatable bonds is 0. The lowest BCUT2D eigenvalue weighted by molar-refractivity contribution is 0.228. The van der Waals surface area contributed by atoms with E-state index in [4.69, 9.17) is 15.5 Å². The van der Waals surface area contributed by atoms with Crippen molar-refractivity contribution >= 4 is 5.82 Å². The summed E-state index contributed by atoms with van der Waals surface area (Å²) in [5.74, 6) is 0.765. The van der Waals surface area contributed by atoms with Crippen LogP contribution in [0.15, 0.2) is 55.1 Å². The molecule has 1 unspecified atom stereocenters. The first-order chi connectivity index (χ1) is 15.0. The summed E-state index contributed by atoms with van der Waals surface area (Å²) in [5.41, 5.74) is 12.9. The van der Waals surface area contributed by atoms with Crippen LogP contribution in [-0.2, 0) is 6.54 Å². The van der Waals surface area contributed by atoms with E-state index in [0.29, 0.717) is 29.5 Å². The number of fused-ring (bicyclic) bond motifs is 7. The lowest BCUT2D eigenvalue weighted by Crippen LogP contribution is -2.11. The third kappa shape index (κ3) is 3.19. The van der Waals surface area contributed by atoms with Crippen LogP contribution >= 0.6 is 0 Å². The van der Waals surface area contributed by atoms with Gasteiger partial charge in [0.05, 0.1) is 24.3 Å². The van der Waals surface area contributed by atoms with Crippen LogP contribution in [0.4, 0.5) is 5.82 Å². The molecule has 2 bridgehead atoms. The summed E-state index contributed by atoms with van der Waals surface area (Å²) in [6.07, 6.45) is 4.82. The van der Waals surface area contributed by atoms with Gasteiger partial charge in [0.25, 0.3) is 0 Å². The third-order valence-electron chi connectivity index (χ3n) is 5.53. The van der Waals surface area contributed by atoms with Gasteiger partial charge in [-0.2, -0.15) is 5.26 Å². The quantitative estimate of drug-likeness (QED) is 0.466. The van der Waals surface area contributed by atoms with E-state index in [0.717, 1.165) is 33.5 Å². The maximum absolute atomic E-state index is 9.64. The monoisotopic (exact) mass is 408 g/mol. The van der Waals surface area contributed by atoms with Crippen molar-refractivity contribution in [3.8, 4) is 34.3 Å². The highest BCUT2D eigenvalue weighted by Crippen LogP contribution is 2.37. The van der Waals surface area contributed by atoms with Crippen LogP contribution in [0.3, 0.4) is 0 Å². The Bertz CT molecular complexity index is 1350. The second kappa shape index (κ2) is 7.26. The highest BCUT2D eigenvalue weighted by Gasteiger charge is 2.22. The first kappa shape index (κ1) is 18.8. The van der Waals surface area contributed by atoms with E-state index >= 15 is 0 Å². The summed E-state index contributed by atoms with van der Waals surface area (Å²) in [4.78, 5) is 13.3. The average molecular weight is 408 g/mol. The minimum Gasteiger partial charge on any atom is -0.482 e. The van der Waals surface area contributed by atoms with Gasteiger partial charge in [0, 0.05) is 29.1 Å². The second-order valence-electron chi connectivity index (χ2n) is 7.65.